The maximum atomic E-state index is 11.5. The number of carboxylic acids is 1. The number of benzene rings is 1. The minimum absolute atomic E-state index is 0.828. The fourth-order valence-electron chi connectivity index (χ4n) is 1.81. The van der Waals surface area contributed by atoms with E-state index in [1.165, 1.54) is 0 Å². The van der Waals surface area contributed by atoms with Crippen LogP contribution in [0.1, 0.15) is 23.6 Å². The molecule has 3 nitrogen and oxygen atoms in total. The fourth-order valence-corrected chi connectivity index (χ4v) is 1.81. The standard InChI is InChI=1S/C13H19NO2/c1-9-6-7-10(2)11(8-9)13(3,12(15)16)14(4)5/h6-8H,1-5H3,(H,15,16)/t13-/m1/s1. The van der Waals surface area contributed by atoms with Crippen LogP contribution in [-0.2, 0) is 10.3 Å². The van der Waals surface area contributed by atoms with E-state index in [-0.39, 0.29) is 0 Å². The zero-order chi connectivity index (χ0) is 12.5. The lowest BCUT2D eigenvalue weighted by atomic mass is 9.86. The van der Waals surface area contributed by atoms with E-state index >= 15 is 0 Å². The van der Waals surface area contributed by atoms with Crippen LogP contribution in [0.15, 0.2) is 18.2 Å². The van der Waals surface area contributed by atoms with Gasteiger partial charge in [-0.2, -0.15) is 0 Å². The Balaban J connectivity index is 3.43. The molecule has 1 rings (SSSR count). The predicted octanol–water partition coefficient (Wildman–Crippen LogP) is 2.16. The second-order valence-electron chi connectivity index (χ2n) is 4.59. The lowest BCUT2D eigenvalue weighted by Crippen LogP contribution is -2.46. The van der Waals surface area contributed by atoms with E-state index in [1.54, 1.807) is 25.9 Å². The molecular formula is C13H19NO2. The molecule has 0 aliphatic heterocycles. The first-order valence-corrected chi connectivity index (χ1v) is 5.28. The Morgan fingerprint density at radius 3 is 2.31 bits per heavy atom. The lowest BCUT2D eigenvalue weighted by molar-refractivity contribution is -0.149. The van der Waals surface area contributed by atoms with Crippen molar-refractivity contribution < 1.29 is 9.90 Å². The van der Waals surface area contributed by atoms with Crippen molar-refractivity contribution in [2.45, 2.75) is 26.3 Å². The molecule has 0 bridgehead atoms. The van der Waals surface area contributed by atoms with Crippen LogP contribution in [0.25, 0.3) is 0 Å². The van der Waals surface area contributed by atoms with E-state index in [0.717, 1.165) is 16.7 Å². The van der Waals surface area contributed by atoms with Crippen LogP contribution in [-0.4, -0.2) is 30.1 Å². The lowest BCUT2D eigenvalue weighted by Gasteiger charge is -2.34. The topological polar surface area (TPSA) is 40.5 Å². The van der Waals surface area contributed by atoms with Crippen molar-refractivity contribution in [2.75, 3.05) is 14.1 Å². The van der Waals surface area contributed by atoms with Crippen molar-refractivity contribution in [1.82, 2.24) is 4.90 Å². The van der Waals surface area contributed by atoms with Gasteiger partial charge >= 0.3 is 5.97 Å². The molecule has 0 aliphatic carbocycles. The number of carboxylic acid groups (broad SMARTS) is 1. The van der Waals surface area contributed by atoms with E-state index in [9.17, 15) is 9.90 Å². The second kappa shape index (κ2) is 4.26. The van der Waals surface area contributed by atoms with Crippen molar-refractivity contribution in [3.63, 3.8) is 0 Å². The average molecular weight is 221 g/mol. The molecule has 0 unspecified atom stereocenters. The van der Waals surface area contributed by atoms with E-state index in [4.69, 9.17) is 0 Å². The molecule has 0 aromatic heterocycles. The molecular weight excluding hydrogens is 202 g/mol. The average Bonchev–Trinajstić information content (AvgIpc) is 2.19. The first kappa shape index (κ1) is 12.7. The van der Waals surface area contributed by atoms with Gasteiger partial charge in [-0.15, -0.1) is 0 Å². The van der Waals surface area contributed by atoms with Crippen LogP contribution < -0.4 is 0 Å². The first-order chi connectivity index (χ1) is 7.30. The summed E-state index contributed by atoms with van der Waals surface area (Å²) in [6.45, 7) is 5.65. The van der Waals surface area contributed by atoms with Crippen molar-refractivity contribution in [3.8, 4) is 0 Å². The molecule has 1 aromatic carbocycles. The summed E-state index contributed by atoms with van der Waals surface area (Å²) in [4.78, 5) is 13.2. The van der Waals surface area contributed by atoms with Gasteiger partial charge in [-0.25, -0.2) is 4.79 Å². The van der Waals surface area contributed by atoms with Gasteiger partial charge in [-0.1, -0.05) is 23.8 Å². The number of nitrogens with zero attached hydrogens (tertiary/aromatic N) is 1. The molecule has 0 spiro atoms. The Morgan fingerprint density at radius 2 is 1.88 bits per heavy atom. The third-order valence-electron chi connectivity index (χ3n) is 3.23. The number of aliphatic carboxylic acids is 1. The Bertz CT molecular complexity index is 412. The Hall–Kier alpha value is -1.35. The summed E-state index contributed by atoms with van der Waals surface area (Å²) in [7, 11) is 3.58. The SMILES string of the molecule is Cc1ccc(C)c([C@](C)(C(=O)O)N(C)C)c1. The van der Waals surface area contributed by atoms with Gasteiger partial charge in [0, 0.05) is 0 Å². The highest BCUT2D eigenvalue weighted by molar-refractivity contribution is 5.80. The highest BCUT2D eigenvalue weighted by atomic mass is 16.4. The van der Waals surface area contributed by atoms with Gasteiger partial charge < -0.3 is 5.11 Å². The molecule has 3 heteroatoms. The highest BCUT2D eigenvalue weighted by Crippen LogP contribution is 2.29. The zero-order valence-corrected chi connectivity index (χ0v) is 10.5. The highest BCUT2D eigenvalue weighted by Gasteiger charge is 2.38. The third-order valence-corrected chi connectivity index (χ3v) is 3.23. The molecule has 16 heavy (non-hydrogen) atoms. The molecule has 0 radical (unpaired) electrons. The Labute approximate surface area is 96.7 Å². The maximum Gasteiger partial charge on any atom is 0.328 e. The second-order valence-corrected chi connectivity index (χ2v) is 4.59. The Kier molecular flexibility index (Phi) is 3.38. The monoisotopic (exact) mass is 221 g/mol. The van der Waals surface area contributed by atoms with E-state index in [0.29, 0.717) is 0 Å². The van der Waals surface area contributed by atoms with Gasteiger partial charge in [0.15, 0.2) is 0 Å². The van der Waals surface area contributed by atoms with Gasteiger partial charge in [0.1, 0.15) is 5.54 Å². The van der Waals surface area contributed by atoms with Crippen molar-refractivity contribution in [1.29, 1.82) is 0 Å². The van der Waals surface area contributed by atoms with Gasteiger partial charge in [0.25, 0.3) is 0 Å². The quantitative estimate of drug-likeness (QED) is 0.850. The summed E-state index contributed by atoms with van der Waals surface area (Å²) in [6, 6.07) is 5.91. The molecule has 0 saturated heterocycles. The van der Waals surface area contributed by atoms with Crippen LogP contribution in [0.2, 0.25) is 0 Å². The number of rotatable bonds is 3. The first-order valence-electron chi connectivity index (χ1n) is 5.28. The van der Waals surface area contributed by atoms with Crippen LogP contribution in [0.3, 0.4) is 0 Å². The van der Waals surface area contributed by atoms with Crippen LogP contribution in [0, 0.1) is 13.8 Å². The van der Waals surface area contributed by atoms with Crippen LogP contribution >= 0.6 is 0 Å². The molecule has 0 heterocycles. The van der Waals surface area contributed by atoms with Crippen LogP contribution in [0.4, 0.5) is 0 Å². The molecule has 0 amide bonds. The summed E-state index contributed by atoms with van der Waals surface area (Å²) < 4.78 is 0. The molecule has 0 fully saturated rings. The van der Waals surface area contributed by atoms with Crippen molar-refractivity contribution >= 4 is 5.97 Å². The van der Waals surface area contributed by atoms with E-state index < -0.39 is 11.5 Å². The summed E-state index contributed by atoms with van der Waals surface area (Å²) >= 11 is 0. The number of aryl methyl sites for hydroxylation is 2. The number of hydrogen-bond donors (Lipinski definition) is 1. The predicted molar refractivity (Wildman–Crippen MR) is 64.6 cm³/mol. The van der Waals surface area contributed by atoms with Gasteiger partial charge in [0.2, 0.25) is 0 Å². The number of likely N-dealkylation sites (N-methyl/N-ethyl adjacent to an activating group) is 1. The van der Waals surface area contributed by atoms with Crippen molar-refractivity contribution in [3.05, 3.63) is 34.9 Å². The minimum atomic E-state index is -0.976. The number of hydrogen-bond acceptors (Lipinski definition) is 2. The Morgan fingerprint density at radius 1 is 1.31 bits per heavy atom. The van der Waals surface area contributed by atoms with Gasteiger partial charge in [-0.3, -0.25) is 4.90 Å². The molecule has 1 aromatic rings. The molecule has 0 aliphatic rings. The maximum absolute atomic E-state index is 11.5. The number of carbonyl (C=O) groups is 1. The summed E-state index contributed by atoms with van der Waals surface area (Å²) in [5, 5.41) is 9.43. The molecule has 1 N–H and O–H groups in total. The third kappa shape index (κ3) is 1.95. The largest absolute Gasteiger partial charge is 0.480 e. The van der Waals surface area contributed by atoms with Crippen LogP contribution in [0.5, 0.6) is 0 Å². The van der Waals surface area contributed by atoms with Gasteiger partial charge in [0.05, 0.1) is 0 Å². The molecule has 1 atom stereocenters. The van der Waals surface area contributed by atoms with Crippen molar-refractivity contribution in [2.24, 2.45) is 0 Å². The smallest absolute Gasteiger partial charge is 0.328 e. The fraction of sp³-hybridized carbons (Fsp3) is 0.462. The minimum Gasteiger partial charge on any atom is -0.480 e. The zero-order valence-electron chi connectivity index (χ0n) is 10.5. The summed E-state index contributed by atoms with van der Waals surface area (Å²) in [5.74, 6) is -0.828. The van der Waals surface area contributed by atoms with Gasteiger partial charge in [-0.05, 0) is 46.0 Å². The van der Waals surface area contributed by atoms with E-state index in [2.05, 4.69) is 0 Å². The summed E-state index contributed by atoms with van der Waals surface area (Å²) in [6.07, 6.45) is 0. The van der Waals surface area contributed by atoms with E-state index in [1.807, 2.05) is 32.0 Å². The summed E-state index contributed by atoms with van der Waals surface area (Å²) in [5.41, 5.74) is 1.96. The molecule has 88 valence electrons. The molecule has 0 saturated carbocycles. The normalized spacial score (nSPS) is 14.9.